The highest BCUT2D eigenvalue weighted by molar-refractivity contribution is 7.89. The predicted molar refractivity (Wildman–Crippen MR) is 166 cm³/mol. The SMILES string of the molecule is CCN(C(C)C)S(=O)(=O)CC1(NC(=O)N[C@H](C(=O)N2CCC[C@H]2C(=O)NCC(=O)C(=O)NC2CC2)C(C)(C)C)CCCCC1. The van der Waals surface area contributed by atoms with Crippen molar-refractivity contribution in [1.82, 2.24) is 30.5 Å². The third-order valence-corrected chi connectivity index (χ3v) is 11.0. The highest BCUT2D eigenvalue weighted by atomic mass is 32.2. The van der Waals surface area contributed by atoms with E-state index in [9.17, 15) is 32.4 Å². The highest BCUT2D eigenvalue weighted by Gasteiger charge is 2.44. The lowest BCUT2D eigenvalue weighted by Gasteiger charge is -2.41. The maximum atomic E-state index is 13.9. The Morgan fingerprint density at radius 2 is 1.61 bits per heavy atom. The molecule has 4 N–H and O–H groups in total. The van der Waals surface area contributed by atoms with Gasteiger partial charge in [0, 0.05) is 25.2 Å². The van der Waals surface area contributed by atoms with Gasteiger partial charge in [-0.15, -0.1) is 0 Å². The first kappa shape index (κ1) is 35.7. The number of ketones is 1. The van der Waals surface area contributed by atoms with Gasteiger partial charge >= 0.3 is 6.03 Å². The van der Waals surface area contributed by atoms with Crippen LogP contribution >= 0.6 is 0 Å². The Bertz CT molecular complexity index is 1190. The number of hydrogen-bond donors (Lipinski definition) is 4. The van der Waals surface area contributed by atoms with Gasteiger partial charge in [0.15, 0.2) is 0 Å². The molecular formula is C30H52N6O7S. The molecule has 1 aliphatic heterocycles. The average molecular weight is 641 g/mol. The van der Waals surface area contributed by atoms with E-state index in [-0.39, 0.29) is 17.8 Å². The number of nitrogens with zero attached hydrogens (tertiary/aromatic N) is 2. The zero-order valence-corrected chi connectivity index (χ0v) is 28.0. The summed E-state index contributed by atoms with van der Waals surface area (Å²) in [4.78, 5) is 66.0. The maximum Gasteiger partial charge on any atom is 0.315 e. The van der Waals surface area contributed by atoms with E-state index in [0.29, 0.717) is 38.8 Å². The molecule has 2 saturated carbocycles. The second-order valence-corrected chi connectivity index (χ2v) is 15.8. The van der Waals surface area contributed by atoms with Crippen LogP contribution in [0.1, 0.15) is 99.3 Å². The largest absolute Gasteiger partial charge is 0.347 e. The molecule has 1 heterocycles. The highest BCUT2D eigenvalue weighted by Crippen LogP contribution is 2.31. The van der Waals surface area contributed by atoms with Crippen molar-refractivity contribution in [1.29, 1.82) is 0 Å². The first-order valence-electron chi connectivity index (χ1n) is 16.0. The molecule has 0 unspecified atom stereocenters. The van der Waals surface area contributed by atoms with Crippen LogP contribution in [0.2, 0.25) is 0 Å². The van der Waals surface area contributed by atoms with E-state index >= 15 is 0 Å². The van der Waals surface area contributed by atoms with Crippen molar-refractivity contribution in [2.75, 3.05) is 25.4 Å². The van der Waals surface area contributed by atoms with E-state index in [2.05, 4.69) is 21.3 Å². The summed E-state index contributed by atoms with van der Waals surface area (Å²) in [5.74, 6) is -2.67. The summed E-state index contributed by atoms with van der Waals surface area (Å²) in [6.45, 7) is 11.0. The molecular weight excluding hydrogens is 588 g/mol. The van der Waals surface area contributed by atoms with Gasteiger partial charge in [0.2, 0.25) is 27.6 Å². The Hall–Kier alpha value is -2.74. The Balaban J connectivity index is 1.70. The minimum Gasteiger partial charge on any atom is -0.347 e. The Kier molecular flexibility index (Phi) is 11.8. The van der Waals surface area contributed by atoms with Crippen LogP contribution in [-0.4, -0.2) is 102 Å². The van der Waals surface area contributed by atoms with Gasteiger partial charge in [-0.1, -0.05) is 47.0 Å². The fourth-order valence-corrected chi connectivity index (χ4v) is 8.49. The topological polar surface area (TPSA) is 174 Å². The summed E-state index contributed by atoms with van der Waals surface area (Å²) in [5, 5.41) is 10.9. The van der Waals surface area contributed by atoms with E-state index in [1.54, 1.807) is 27.7 Å². The van der Waals surface area contributed by atoms with Gasteiger partial charge in [0.25, 0.3) is 5.91 Å². The lowest BCUT2D eigenvalue weighted by Crippen LogP contribution is -2.63. The molecule has 2 aliphatic carbocycles. The molecule has 2 atom stereocenters. The van der Waals surface area contributed by atoms with Gasteiger partial charge < -0.3 is 26.2 Å². The number of nitrogens with one attached hydrogen (secondary N) is 4. The van der Waals surface area contributed by atoms with Crippen LogP contribution in [-0.2, 0) is 29.2 Å². The van der Waals surface area contributed by atoms with Crippen molar-refractivity contribution in [3.05, 3.63) is 0 Å². The van der Waals surface area contributed by atoms with Crippen LogP contribution in [0, 0.1) is 5.41 Å². The predicted octanol–water partition coefficient (Wildman–Crippen LogP) is 1.42. The van der Waals surface area contributed by atoms with E-state index in [0.717, 1.165) is 32.1 Å². The van der Waals surface area contributed by atoms with Gasteiger partial charge in [-0.2, -0.15) is 4.31 Å². The Morgan fingerprint density at radius 1 is 0.977 bits per heavy atom. The van der Waals surface area contributed by atoms with Crippen LogP contribution in [0.25, 0.3) is 0 Å². The van der Waals surface area contributed by atoms with Crippen molar-refractivity contribution >= 4 is 39.6 Å². The normalized spacial score (nSPS) is 21.1. The number of rotatable bonds is 13. The number of amides is 5. The smallest absolute Gasteiger partial charge is 0.315 e. The van der Waals surface area contributed by atoms with Crippen LogP contribution in [0.4, 0.5) is 4.79 Å². The van der Waals surface area contributed by atoms with E-state index in [1.807, 2.05) is 13.8 Å². The third kappa shape index (κ3) is 9.38. The molecule has 0 aromatic heterocycles. The molecule has 44 heavy (non-hydrogen) atoms. The summed E-state index contributed by atoms with van der Waals surface area (Å²) < 4.78 is 28.3. The summed E-state index contributed by atoms with van der Waals surface area (Å²) >= 11 is 0. The minimum absolute atomic E-state index is 0.0209. The van der Waals surface area contributed by atoms with Crippen LogP contribution < -0.4 is 21.3 Å². The van der Waals surface area contributed by atoms with Gasteiger partial charge in [0.05, 0.1) is 17.8 Å². The maximum absolute atomic E-state index is 13.9. The third-order valence-electron chi connectivity index (χ3n) is 8.71. The number of Topliss-reactive ketones (excluding diaryl/α,β-unsaturated/α-hetero) is 1. The van der Waals surface area contributed by atoms with Crippen molar-refractivity contribution in [2.45, 2.75) is 129 Å². The molecule has 0 spiro atoms. The lowest BCUT2D eigenvalue weighted by molar-refractivity contribution is -0.142. The van der Waals surface area contributed by atoms with E-state index < -0.39 is 69.1 Å². The monoisotopic (exact) mass is 640 g/mol. The van der Waals surface area contributed by atoms with Crippen molar-refractivity contribution in [2.24, 2.45) is 5.41 Å². The lowest BCUT2D eigenvalue weighted by atomic mass is 9.83. The summed E-state index contributed by atoms with van der Waals surface area (Å²) in [6.07, 6.45) is 6.14. The van der Waals surface area contributed by atoms with Crippen LogP contribution in [0.3, 0.4) is 0 Å². The van der Waals surface area contributed by atoms with Gasteiger partial charge in [0.1, 0.15) is 12.1 Å². The van der Waals surface area contributed by atoms with Gasteiger partial charge in [-0.3, -0.25) is 19.2 Å². The zero-order valence-electron chi connectivity index (χ0n) is 27.2. The summed E-state index contributed by atoms with van der Waals surface area (Å²) in [6, 6.07) is -2.68. The second-order valence-electron chi connectivity index (χ2n) is 13.9. The van der Waals surface area contributed by atoms with Crippen molar-refractivity contribution in [3.8, 4) is 0 Å². The van der Waals surface area contributed by atoms with Crippen molar-refractivity contribution in [3.63, 3.8) is 0 Å². The number of carbonyl (C=O) groups excluding carboxylic acids is 5. The number of sulfonamides is 1. The summed E-state index contributed by atoms with van der Waals surface area (Å²) in [5.41, 5.74) is -1.71. The molecule has 0 radical (unpaired) electrons. The van der Waals surface area contributed by atoms with Crippen LogP contribution in [0.5, 0.6) is 0 Å². The average Bonchev–Trinajstić information content (AvgIpc) is 3.59. The second kappa shape index (κ2) is 14.6. The number of carbonyl (C=O) groups is 5. The number of likely N-dealkylation sites (tertiary alicyclic amines) is 1. The molecule has 14 heteroatoms. The molecule has 3 fully saturated rings. The zero-order chi connectivity index (χ0) is 32.9. The molecule has 3 rings (SSSR count). The standard InChI is InChI=1S/C30H52N6O7S/c1-7-36(20(2)3)44(42,43)19-30(15-9-8-10-16-30)34-28(41)33-24(29(4,5)6)27(40)35-17-11-12-22(35)25(38)31-18-23(37)26(39)32-21-13-14-21/h20-22,24H,7-19H2,1-6H3,(H,31,38)(H,32,39)(H2,33,34,41)/t22-,24+/m0/s1. The van der Waals surface area contributed by atoms with Crippen molar-refractivity contribution < 1.29 is 32.4 Å². The minimum atomic E-state index is -3.68. The molecule has 13 nitrogen and oxygen atoms in total. The molecule has 0 aromatic carbocycles. The molecule has 0 aromatic rings. The quantitative estimate of drug-likeness (QED) is 0.220. The van der Waals surface area contributed by atoms with Crippen LogP contribution in [0.15, 0.2) is 0 Å². The molecule has 0 bridgehead atoms. The first-order valence-corrected chi connectivity index (χ1v) is 17.6. The number of urea groups is 1. The molecule has 5 amide bonds. The fourth-order valence-electron chi connectivity index (χ4n) is 6.23. The summed E-state index contributed by atoms with van der Waals surface area (Å²) in [7, 11) is -3.68. The molecule has 1 saturated heterocycles. The van der Waals surface area contributed by atoms with Gasteiger partial charge in [-0.25, -0.2) is 13.2 Å². The first-order chi connectivity index (χ1) is 20.5. The number of hydrogen-bond acceptors (Lipinski definition) is 7. The Morgan fingerprint density at radius 3 is 2.16 bits per heavy atom. The van der Waals surface area contributed by atoms with Gasteiger partial charge in [-0.05, 0) is 57.8 Å². The molecule has 250 valence electrons. The van der Waals surface area contributed by atoms with E-state index in [1.165, 1.54) is 9.21 Å². The fraction of sp³-hybridized carbons (Fsp3) is 0.833. The Labute approximate surface area is 262 Å². The van der Waals surface area contributed by atoms with E-state index in [4.69, 9.17) is 0 Å². The molecule has 3 aliphatic rings.